The van der Waals surface area contributed by atoms with Gasteiger partial charge in [0.05, 0.1) is 11.4 Å². The van der Waals surface area contributed by atoms with Crippen molar-refractivity contribution in [2.75, 3.05) is 10.6 Å². The van der Waals surface area contributed by atoms with Crippen molar-refractivity contribution in [2.24, 2.45) is 11.8 Å². The van der Waals surface area contributed by atoms with Crippen molar-refractivity contribution < 1.29 is 9.59 Å². The number of benzene rings is 3. The van der Waals surface area contributed by atoms with Crippen molar-refractivity contribution in [3.8, 4) is 33.9 Å². The zero-order valence-corrected chi connectivity index (χ0v) is 22.4. The third kappa shape index (κ3) is 7.35. The molecule has 0 aliphatic rings. The lowest BCUT2D eigenvalue weighted by molar-refractivity contribution is -0.117. The lowest BCUT2D eigenvalue weighted by Gasteiger charge is -2.12. The number of hydrogen-bond acceptors (Lipinski definition) is 4. The molecule has 38 heavy (non-hydrogen) atoms. The molecule has 194 valence electrons. The van der Waals surface area contributed by atoms with Crippen LogP contribution in [0.1, 0.15) is 40.5 Å². The van der Waals surface area contributed by atoms with Crippen molar-refractivity contribution >= 4 is 23.2 Å². The molecule has 0 bridgehead atoms. The van der Waals surface area contributed by atoms with E-state index in [4.69, 9.17) is 9.97 Å². The second kappa shape index (κ2) is 12.3. The molecule has 2 amide bonds. The maximum Gasteiger partial charge on any atom is 0.224 e. The molecular weight excluding hydrogens is 472 g/mol. The number of nitrogens with zero attached hydrogens (tertiary/aromatic N) is 2. The van der Waals surface area contributed by atoms with Crippen molar-refractivity contribution in [3.63, 3.8) is 0 Å². The molecule has 0 atom stereocenters. The van der Waals surface area contributed by atoms with Crippen LogP contribution in [0.2, 0.25) is 0 Å². The van der Waals surface area contributed by atoms with E-state index < -0.39 is 0 Å². The van der Waals surface area contributed by atoms with E-state index in [9.17, 15) is 9.59 Å². The monoisotopic (exact) mass is 506 g/mol. The van der Waals surface area contributed by atoms with Crippen LogP contribution >= 0.6 is 0 Å². The van der Waals surface area contributed by atoms with Gasteiger partial charge in [-0.05, 0) is 42.2 Å². The Kier molecular flexibility index (Phi) is 8.64. The Morgan fingerprint density at radius 1 is 0.605 bits per heavy atom. The van der Waals surface area contributed by atoms with Crippen LogP contribution in [-0.2, 0) is 9.59 Å². The molecule has 4 rings (SSSR count). The van der Waals surface area contributed by atoms with Gasteiger partial charge in [-0.1, -0.05) is 82.3 Å². The summed E-state index contributed by atoms with van der Waals surface area (Å²) in [5.41, 5.74) is 5.71. The van der Waals surface area contributed by atoms with Gasteiger partial charge in [-0.25, -0.2) is 9.97 Å². The topological polar surface area (TPSA) is 84.0 Å². The summed E-state index contributed by atoms with van der Waals surface area (Å²) in [5.74, 6) is 1.19. The Bertz CT molecular complexity index is 1400. The molecule has 0 aliphatic heterocycles. The minimum Gasteiger partial charge on any atom is -0.326 e. The number of nitrogens with one attached hydrogen (secondary N) is 2. The molecule has 0 fully saturated rings. The number of hydrogen-bond donors (Lipinski definition) is 2. The fourth-order valence-corrected chi connectivity index (χ4v) is 4.11. The third-order valence-electron chi connectivity index (χ3n) is 5.85. The average molecular weight is 507 g/mol. The second-order valence-electron chi connectivity index (χ2n) is 10.3. The zero-order valence-electron chi connectivity index (χ0n) is 22.4. The van der Waals surface area contributed by atoms with Gasteiger partial charge in [0.15, 0.2) is 5.82 Å². The zero-order chi connectivity index (χ0) is 27.1. The SMILES string of the molecule is CC(C)CC(=O)Nc1ccc(-c2cc(-c3cccc(NC(=O)CC(C)C)c3)nc(-c3ccccc3)n2)cc1. The second-order valence-corrected chi connectivity index (χ2v) is 10.3. The molecule has 0 saturated heterocycles. The maximum atomic E-state index is 12.3. The van der Waals surface area contributed by atoms with E-state index in [1.54, 1.807) is 0 Å². The first-order valence-electron chi connectivity index (χ1n) is 13.0. The number of carbonyl (C=O) groups excluding carboxylic acids is 2. The van der Waals surface area contributed by atoms with E-state index in [-0.39, 0.29) is 17.7 Å². The smallest absolute Gasteiger partial charge is 0.224 e. The molecule has 0 unspecified atom stereocenters. The first-order valence-corrected chi connectivity index (χ1v) is 13.0. The lowest BCUT2D eigenvalue weighted by atomic mass is 10.1. The van der Waals surface area contributed by atoms with Gasteiger partial charge in [0.1, 0.15) is 0 Å². The molecule has 0 spiro atoms. The van der Waals surface area contributed by atoms with Crippen molar-refractivity contribution in [1.82, 2.24) is 9.97 Å². The molecule has 2 N–H and O–H groups in total. The van der Waals surface area contributed by atoms with E-state index in [1.165, 1.54) is 0 Å². The normalized spacial score (nSPS) is 11.0. The van der Waals surface area contributed by atoms with E-state index in [2.05, 4.69) is 10.6 Å². The predicted octanol–water partition coefficient (Wildman–Crippen LogP) is 7.45. The summed E-state index contributed by atoms with van der Waals surface area (Å²) in [6, 6.07) is 27.2. The van der Waals surface area contributed by atoms with Crippen molar-refractivity contribution in [3.05, 3.63) is 84.9 Å². The molecule has 0 aliphatic carbocycles. The van der Waals surface area contributed by atoms with E-state index in [0.717, 1.165) is 39.5 Å². The number of carbonyl (C=O) groups is 2. The highest BCUT2D eigenvalue weighted by Crippen LogP contribution is 2.29. The van der Waals surface area contributed by atoms with Gasteiger partial charge in [-0.3, -0.25) is 9.59 Å². The number of anilines is 2. The van der Waals surface area contributed by atoms with Crippen LogP contribution in [0.3, 0.4) is 0 Å². The number of amides is 2. The summed E-state index contributed by atoms with van der Waals surface area (Å²) in [4.78, 5) is 34.2. The Balaban J connectivity index is 1.68. The highest BCUT2D eigenvalue weighted by molar-refractivity contribution is 5.92. The largest absolute Gasteiger partial charge is 0.326 e. The molecule has 4 aromatic rings. The Labute approximate surface area is 224 Å². The van der Waals surface area contributed by atoms with E-state index in [1.807, 2.05) is 113 Å². The maximum absolute atomic E-state index is 12.3. The lowest BCUT2D eigenvalue weighted by Crippen LogP contribution is -2.13. The molecule has 6 nitrogen and oxygen atoms in total. The standard InChI is InChI=1S/C32H34N4O2/c1-21(2)17-30(37)33-26-15-13-23(14-16-26)28-20-29(36-32(35-28)24-9-6-5-7-10-24)25-11-8-12-27(19-25)34-31(38)18-22(3)4/h5-16,19-22H,17-18H2,1-4H3,(H,33,37)(H,34,38). The van der Waals surface area contributed by atoms with Crippen molar-refractivity contribution in [2.45, 2.75) is 40.5 Å². The van der Waals surface area contributed by atoms with Crippen LogP contribution in [-0.4, -0.2) is 21.8 Å². The highest BCUT2D eigenvalue weighted by Gasteiger charge is 2.13. The van der Waals surface area contributed by atoms with Gasteiger partial charge in [0.2, 0.25) is 11.8 Å². The highest BCUT2D eigenvalue weighted by atomic mass is 16.2. The van der Waals surface area contributed by atoms with Gasteiger partial charge in [0.25, 0.3) is 0 Å². The molecule has 0 saturated carbocycles. The quantitative estimate of drug-likeness (QED) is 0.247. The molecule has 1 heterocycles. The Hall–Kier alpha value is -4.32. The summed E-state index contributed by atoms with van der Waals surface area (Å²) in [5, 5.41) is 5.95. The van der Waals surface area contributed by atoms with Crippen molar-refractivity contribution in [1.29, 1.82) is 0 Å². The third-order valence-corrected chi connectivity index (χ3v) is 5.85. The van der Waals surface area contributed by atoms with Gasteiger partial charge < -0.3 is 10.6 Å². The molecular formula is C32H34N4O2. The predicted molar refractivity (Wildman–Crippen MR) is 155 cm³/mol. The summed E-state index contributed by atoms with van der Waals surface area (Å²) in [6.07, 6.45) is 0.947. The minimum absolute atomic E-state index is 0.00352. The summed E-state index contributed by atoms with van der Waals surface area (Å²) in [6.45, 7) is 8.09. The molecule has 6 heteroatoms. The summed E-state index contributed by atoms with van der Waals surface area (Å²) < 4.78 is 0. The van der Waals surface area contributed by atoms with Gasteiger partial charge >= 0.3 is 0 Å². The van der Waals surface area contributed by atoms with Crippen LogP contribution in [0.25, 0.3) is 33.9 Å². The number of aromatic nitrogens is 2. The van der Waals surface area contributed by atoms with Crippen LogP contribution in [0.4, 0.5) is 11.4 Å². The van der Waals surface area contributed by atoms with Gasteiger partial charge in [0, 0.05) is 40.9 Å². The van der Waals surface area contributed by atoms with E-state index in [0.29, 0.717) is 24.6 Å². The van der Waals surface area contributed by atoms with Crippen LogP contribution < -0.4 is 10.6 Å². The fraction of sp³-hybridized carbons (Fsp3) is 0.250. The molecule has 0 radical (unpaired) electrons. The first kappa shape index (κ1) is 26.7. The molecule has 3 aromatic carbocycles. The minimum atomic E-state index is -0.00826. The average Bonchev–Trinajstić information content (AvgIpc) is 2.88. The fourth-order valence-electron chi connectivity index (χ4n) is 4.11. The first-order chi connectivity index (χ1) is 18.3. The van der Waals surface area contributed by atoms with E-state index >= 15 is 0 Å². The van der Waals surface area contributed by atoms with Crippen LogP contribution in [0.5, 0.6) is 0 Å². The summed E-state index contributed by atoms with van der Waals surface area (Å²) >= 11 is 0. The van der Waals surface area contributed by atoms with Crippen LogP contribution in [0.15, 0.2) is 84.9 Å². The van der Waals surface area contributed by atoms with Gasteiger partial charge in [-0.2, -0.15) is 0 Å². The Morgan fingerprint density at radius 3 is 1.76 bits per heavy atom. The van der Waals surface area contributed by atoms with Gasteiger partial charge in [-0.15, -0.1) is 0 Å². The van der Waals surface area contributed by atoms with Crippen LogP contribution in [0, 0.1) is 11.8 Å². The summed E-state index contributed by atoms with van der Waals surface area (Å²) in [7, 11) is 0. The Morgan fingerprint density at radius 2 is 1.16 bits per heavy atom. The molecule has 1 aromatic heterocycles. The number of rotatable bonds is 9.